The Morgan fingerprint density at radius 1 is 1.67 bits per heavy atom. The maximum Gasteiger partial charge on any atom is 0.116 e. The van der Waals surface area contributed by atoms with E-state index in [4.69, 9.17) is 7.11 Å². The second kappa shape index (κ2) is 3.20. The number of rotatable bonds is 2. The minimum atomic E-state index is 0.424. The Balaban J connectivity index is 2.61. The molecule has 2 nitrogen and oxygen atoms in total. The van der Waals surface area contributed by atoms with Crippen molar-refractivity contribution >= 4 is 0 Å². The monoisotopic (exact) mass is 121 g/mol. The van der Waals surface area contributed by atoms with Crippen molar-refractivity contribution < 1.29 is 4.74 Å². The molecule has 0 spiro atoms. The van der Waals surface area contributed by atoms with Gasteiger partial charge in [0.1, 0.15) is 7.11 Å². The Labute approximate surface area is 54.5 Å². The molecular weight excluding hydrogens is 114 g/mol. The van der Waals surface area contributed by atoms with E-state index in [-0.39, 0.29) is 0 Å². The quantitative estimate of drug-likeness (QED) is 0.587. The highest BCUT2D eigenvalue weighted by atomic mass is 16.5. The summed E-state index contributed by atoms with van der Waals surface area (Å²) in [6.45, 7) is 0.424. The molecule has 0 aliphatic rings. The molecule has 0 unspecified atom stereocenters. The number of nitrogens with zero attached hydrogens (tertiary/aromatic N) is 1. The largest absolute Gasteiger partial charge is 0.368 e. The molecule has 0 aromatic carbocycles. The summed E-state index contributed by atoms with van der Waals surface area (Å²) >= 11 is 0. The minimum Gasteiger partial charge on any atom is -0.368 e. The van der Waals surface area contributed by atoms with Crippen molar-refractivity contribution in [2.75, 3.05) is 0 Å². The first-order valence-electron chi connectivity index (χ1n) is 2.64. The van der Waals surface area contributed by atoms with Crippen LogP contribution < -0.4 is 0 Å². The topological polar surface area (TPSA) is 22.1 Å². The first-order valence-corrected chi connectivity index (χ1v) is 2.64. The number of pyridine rings is 1. The summed E-state index contributed by atoms with van der Waals surface area (Å²) in [4.78, 5) is 3.87. The molecule has 0 amide bonds. The van der Waals surface area contributed by atoms with Gasteiger partial charge in [0.2, 0.25) is 0 Å². The van der Waals surface area contributed by atoms with Crippen molar-refractivity contribution in [2.45, 2.75) is 6.61 Å². The van der Waals surface area contributed by atoms with Crippen molar-refractivity contribution in [3.05, 3.63) is 37.2 Å². The molecule has 0 aliphatic carbocycles. The van der Waals surface area contributed by atoms with E-state index in [2.05, 4.69) is 9.72 Å². The lowest BCUT2D eigenvalue weighted by Gasteiger charge is -1.94. The molecular formula is C7H7NO. The van der Waals surface area contributed by atoms with Crippen LogP contribution in [0.2, 0.25) is 0 Å². The first-order chi connectivity index (χ1) is 4.43. The molecule has 0 saturated carbocycles. The van der Waals surface area contributed by atoms with Crippen LogP contribution in [0.15, 0.2) is 24.5 Å². The van der Waals surface area contributed by atoms with Crippen LogP contribution in [0.5, 0.6) is 0 Å². The Hall–Kier alpha value is -0.890. The fraction of sp³-hybridized carbons (Fsp3) is 0.143. The molecule has 0 N–H and O–H groups in total. The van der Waals surface area contributed by atoms with Crippen LogP contribution in [-0.4, -0.2) is 4.98 Å². The van der Waals surface area contributed by atoms with E-state index in [0.29, 0.717) is 6.61 Å². The van der Waals surface area contributed by atoms with Gasteiger partial charge in [0.05, 0.1) is 6.61 Å². The maximum absolute atomic E-state index is 4.83. The third-order valence-corrected chi connectivity index (χ3v) is 0.973. The number of hydrogen-bond acceptors (Lipinski definition) is 2. The third kappa shape index (κ3) is 1.82. The fourth-order valence-corrected chi connectivity index (χ4v) is 0.580. The van der Waals surface area contributed by atoms with Crippen LogP contribution >= 0.6 is 0 Å². The molecule has 46 valence electrons. The molecule has 0 bridgehead atoms. The van der Waals surface area contributed by atoms with E-state index in [1.807, 2.05) is 12.1 Å². The Kier molecular flexibility index (Phi) is 2.22. The van der Waals surface area contributed by atoms with Gasteiger partial charge in [-0.05, 0) is 11.6 Å². The lowest BCUT2D eigenvalue weighted by atomic mass is 10.3. The average Bonchev–Trinajstić information content (AvgIpc) is 1.91. The van der Waals surface area contributed by atoms with Crippen LogP contribution in [0.4, 0.5) is 0 Å². The molecule has 1 aromatic rings. The van der Waals surface area contributed by atoms with Crippen LogP contribution in [0.3, 0.4) is 0 Å². The zero-order valence-electron chi connectivity index (χ0n) is 4.95. The SMILES string of the molecule is [CH]OCc1cccnc1. The van der Waals surface area contributed by atoms with Gasteiger partial charge in [-0.2, -0.15) is 0 Å². The number of aromatic nitrogens is 1. The lowest BCUT2D eigenvalue weighted by molar-refractivity contribution is 0.228. The van der Waals surface area contributed by atoms with Crippen LogP contribution in [0.25, 0.3) is 0 Å². The maximum atomic E-state index is 4.83. The smallest absolute Gasteiger partial charge is 0.116 e. The first kappa shape index (κ1) is 6.23. The molecule has 1 aromatic heterocycles. The van der Waals surface area contributed by atoms with Gasteiger partial charge in [0.15, 0.2) is 0 Å². The van der Waals surface area contributed by atoms with Gasteiger partial charge in [0, 0.05) is 12.4 Å². The minimum absolute atomic E-state index is 0.424. The molecule has 1 rings (SSSR count). The van der Waals surface area contributed by atoms with Crippen molar-refractivity contribution in [3.8, 4) is 0 Å². The van der Waals surface area contributed by atoms with Crippen LogP contribution in [0, 0.1) is 7.11 Å². The van der Waals surface area contributed by atoms with E-state index < -0.39 is 0 Å². The fourth-order valence-electron chi connectivity index (χ4n) is 0.580. The highest BCUT2D eigenvalue weighted by Gasteiger charge is 1.86. The van der Waals surface area contributed by atoms with Gasteiger partial charge in [-0.15, -0.1) is 0 Å². The molecule has 0 aliphatic heterocycles. The summed E-state index contributed by atoms with van der Waals surface area (Å²) < 4.78 is 4.39. The summed E-state index contributed by atoms with van der Waals surface area (Å²) in [5.74, 6) is 0. The summed E-state index contributed by atoms with van der Waals surface area (Å²) in [6.07, 6.45) is 3.42. The van der Waals surface area contributed by atoms with Crippen molar-refractivity contribution in [3.63, 3.8) is 0 Å². The summed E-state index contributed by atoms with van der Waals surface area (Å²) in [6, 6.07) is 3.74. The molecule has 0 saturated heterocycles. The molecule has 1 heterocycles. The van der Waals surface area contributed by atoms with Gasteiger partial charge in [-0.3, -0.25) is 4.98 Å². The average molecular weight is 121 g/mol. The van der Waals surface area contributed by atoms with Gasteiger partial charge >= 0.3 is 0 Å². The Morgan fingerprint density at radius 3 is 3.11 bits per heavy atom. The van der Waals surface area contributed by atoms with E-state index >= 15 is 0 Å². The Bertz CT molecular complexity index is 162. The third-order valence-electron chi connectivity index (χ3n) is 0.973. The number of hydrogen-bond donors (Lipinski definition) is 0. The van der Waals surface area contributed by atoms with Gasteiger partial charge in [-0.1, -0.05) is 6.07 Å². The van der Waals surface area contributed by atoms with E-state index in [1.165, 1.54) is 0 Å². The second-order valence-electron chi connectivity index (χ2n) is 1.67. The van der Waals surface area contributed by atoms with E-state index in [0.717, 1.165) is 5.56 Å². The molecule has 2 radical (unpaired) electrons. The summed E-state index contributed by atoms with van der Waals surface area (Å²) in [7, 11) is 4.83. The van der Waals surface area contributed by atoms with Crippen molar-refractivity contribution in [2.24, 2.45) is 0 Å². The standard InChI is InChI=1S/C7H7NO/c1-9-6-7-3-2-4-8-5-7/h1-5H,6H2. The van der Waals surface area contributed by atoms with Crippen molar-refractivity contribution in [1.82, 2.24) is 4.98 Å². The van der Waals surface area contributed by atoms with Gasteiger partial charge in [0.25, 0.3) is 0 Å². The molecule has 0 atom stereocenters. The highest BCUT2D eigenvalue weighted by Crippen LogP contribution is 1.95. The highest BCUT2D eigenvalue weighted by molar-refractivity contribution is 5.06. The van der Waals surface area contributed by atoms with Gasteiger partial charge < -0.3 is 4.74 Å². The van der Waals surface area contributed by atoms with Crippen molar-refractivity contribution in [1.29, 1.82) is 0 Å². The van der Waals surface area contributed by atoms with Crippen LogP contribution in [0.1, 0.15) is 5.56 Å². The van der Waals surface area contributed by atoms with E-state index in [9.17, 15) is 0 Å². The zero-order valence-corrected chi connectivity index (χ0v) is 4.95. The Morgan fingerprint density at radius 2 is 2.56 bits per heavy atom. The normalized spacial score (nSPS) is 9.44. The molecule has 9 heavy (non-hydrogen) atoms. The number of ether oxygens (including phenoxy) is 1. The van der Waals surface area contributed by atoms with Gasteiger partial charge in [-0.25, -0.2) is 0 Å². The predicted molar refractivity (Wildman–Crippen MR) is 33.3 cm³/mol. The predicted octanol–water partition coefficient (Wildman–Crippen LogP) is 1.27. The summed E-state index contributed by atoms with van der Waals surface area (Å²) in [5.41, 5.74) is 0.986. The van der Waals surface area contributed by atoms with Crippen LogP contribution in [-0.2, 0) is 11.3 Å². The molecule has 0 fully saturated rings. The zero-order chi connectivity index (χ0) is 6.53. The summed E-state index contributed by atoms with van der Waals surface area (Å²) in [5, 5.41) is 0. The lowest BCUT2D eigenvalue weighted by Crippen LogP contribution is -1.84. The second-order valence-corrected chi connectivity index (χ2v) is 1.67. The van der Waals surface area contributed by atoms with E-state index in [1.54, 1.807) is 12.4 Å². The molecule has 2 heteroatoms.